The largest absolute Gasteiger partial charge is 0.370 e. The van der Waals surface area contributed by atoms with Crippen LogP contribution in [-0.2, 0) is 0 Å². The molecule has 21 heavy (non-hydrogen) atoms. The molecule has 0 radical (unpaired) electrons. The van der Waals surface area contributed by atoms with Gasteiger partial charge in [0.15, 0.2) is 5.82 Å². The zero-order chi connectivity index (χ0) is 15.6. The first-order chi connectivity index (χ1) is 9.93. The fourth-order valence-electron chi connectivity index (χ4n) is 2.34. The predicted octanol–water partition coefficient (Wildman–Crippen LogP) is 4.91. The first kappa shape index (κ1) is 15.9. The molecule has 1 N–H and O–H groups in total. The summed E-state index contributed by atoms with van der Waals surface area (Å²) in [6.45, 7) is 9.07. The van der Waals surface area contributed by atoms with Gasteiger partial charge in [0, 0.05) is 23.4 Å². The van der Waals surface area contributed by atoms with E-state index in [1.807, 2.05) is 13.8 Å². The van der Waals surface area contributed by atoms with Gasteiger partial charge in [0.2, 0.25) is 0 Å². The SMILES string of the molecule is CCNc1nc(-c2ccc(F)c(Br)c2)nc(C)c1C(C)C. The summed E-state index contributed by atoms with van der Waals surface area (Å²) in [5, 5.41) is 3.30. The van der Waals surface area contributed by atoms with Crippen LogP contribution in [0.25, 0.3) is 11.4 Å². The highest BCUT2D eigenvalue weighted by atomic mass is 79.9. The molecular weight excluding hydrogens is 333 g/mol. The van der Waals surface area contributed by atoms with Crippen molar-refractivity contribution in [3.8, 4) is 11.4 Å². The van der Waals surface area contributed by atoms with Gasteiger partial charge in [-0.25, -0.2) is 14.4 Å². The van der Waals surface area contributed by atoms with Crippen LogP contribution in [0.5, 0.6) is 0 Å². The maximum absolute atomic E-state index is 13.4. The number of hydrogen-bond donors (Lipinski definition) is 1. The van der Waals surface area contributed by atoms with E-state index in [0.717, 1.165) is 29.2 Å². The molecule has 1 aromatic carbocycles. The highest BCUT2D eigenvalue weighted by Gasteiger charge is 2.15. The van der Waals surface area contributed by atoms with Crippen LogP contribution in [-0.4, -0.2) is 16.5 Å². The second kappa shape index (κ2) is 6.52. The minimum atomic E-state index is -0.291. The van der Waals surface area contributed by atoms with Gasteiger partial charge < -0.3 is 5.32 Å². The van der Waals surface area contributed by atoms with Gasteiger partial charge in [0.1, 0.15) is 11.6 Å². The van der Waals surface area contributed by atoms with Crippen LogP contribution in [0.2, 0.25) is 0 Å². The number of benzene rings is 1. The molecule has 0 bridgehead atoms. The Morgan fingerprint density at radius 1 is 1.29 bits per heavy atom. The van der Waals surface area contributed by atoms with Crippen molar-refractivity contribution in [2.45, 2.75) is 33.6 Å². The summed E-state index contributed by atoms with van der Waals surface area (Å²) in [6, 6.07) is 4.82. The Bertz CT molecular complexity index is 656. The van der Waals surface area contributed by atoms with E-state index >= 15 is 0 Å². The normalized spacial score (nSPS) is 11.0. The topological polar surface area (TPSA) is 37.8 Å². The molecule has 3 nitrogen and oxygen atoms in total. The summed E-state index contributed by atoms with van der Waals surface area (Å²) >= 11 is 3.20. The molecule has 5 heteroatoms. The second-order valence-electron chi connectivity index (χ2n) is 5.21. The number of halogens is 2. The molecule has 0 fully saturated rings. The fourth-order valence-corrected chi connectivity index (χ4v) is 2.72. The Morgan fingerprint density at radius 2 is 2.00 bits per heavy atom. The highest BCUT2D eigenvalue weighted by Crippen LogP contribution is 2.29. The summed E-state index contributed by atoms with van der Waals surface area (Å²) < 4.78 is 13.8. The number of hydrogen-bond acceptors (Lipinski definition) is 3. The molecule has 0 spiro atoms. The molecule has 1 aromatic heterocycles. The lowest BCUT2D eigenvalue weighted by molar-refractivity contribution is 0.621. The number of anilines is 1. The van der Waals surface area contributed by atoms with E-state index in [2.05, 4.69) is 45.1 Å². The van der Waals surface area contributed by atoms with Crippen molar-refractivity contribution in [2.75, 3.05) is 11.9 Å². The molecule has 0 amide bonds. The third kappa shape index (κ3) is 3.40. The monoisotopic (exact) mass is 351 g/mol. The summed E-state index contributed by atoms with van der Waals surface area (Å²) in [7, 11) is 0. The van der Waals surface area contributed by atoms with Gasteiger partial charge in [-0.2, -0.15) is 0 Å². The van der Waals surface area contributed by atoms with Crippen molar-refractivity contribution in [1.82, 2.24) is 9.97 Å². The zero-order valence-corrected chi connectivity index (χ0v) is 14.3. The van der Waals surface area contributed by atoms with Crippen LogP contribution < -0.4 is 5.32 Å². The average Bonchev–Trinajstić information content (AvgIpc) is 2.41. The maximum Gasteiger partial charge on any atom is 0.161 e. The zero-order valence-electron chi connectivity index (χ0n) is 12.7. The Labute approximate surface area is 133 Å². The summed E-state index contributed by atoms with van der Waals surface area (Å²) in [5.41, 5.74) is 2.87. The van der Waals surface area contributed by atoms with Crippen molar-refractivity contribution in [1.29, 1.82) is 0 Å². The number of aryl methyl sites for hydroxylation is 1. The lowest BCUT2D eigenvalue weighted by Gasteiger charge is -2.16. The Kier molecular flexibility index (Phi) is 4.93. The highest BCUT2D eigenvalue weighted by molar-refractivity contribution is 9.10. The Balaban J connectivity index is 2.57. The molecule has 112 valence electrons. The van der Waals surface area contributed by atoms with Gasteiger partial charge >= 0.3 is 0 Å². The van der Waals surface area contributed by atoms with Gasteiger partial charge in [-0.3, -0.25) is 0 Å². The molecule has 0 aliphatic rings. The minimum Gasteiger partial charge on any atom is -0.370 e. The van der Waals surface area contributed by atoms with E-state index in [0.29, 0.717) is 16.2 Å². The van der Waals surface area contributed by atoms with Crippen molar-refractivity contribution >= 4 is 21.7 Å². The van der Waals surface area contributed by atoms with Gasteiger partial charge in [-0.1, -0.05) is 13.8 Å². The van der Waals surface area contributed by atoms with E-state index in [1.54, 1.807) is 12.1 Å². The van der Waals surface area contributed by atoms with Gasteiger partial charge in [0.05, 0.1) is 4.47 Å². The number of rotatable bonds is 4. The van der Waals surface area contributed by atoms with Crippen molar-refractivity contribution < 1.29 is 4.39 Å². The van der Waals surface area contributed by atoms with Crippen LogP contribution in [0, 0.1) is 12.7 Å². The quantitative estimate of drug-likeness (QED) is 0.850. The number of nitrogens with zero attached hydrogens (tertiary/aromatic N) is 2. The maximum atomic E-state index is 13.4. The molecule has 0 unspecified atom stereocenters. The van der Waals surface area contributed by atoms with E-state index in [9.17, 15) is 4.39 Å². The van der Waals surface area contributed by atoms with Crippen LogP contribution >= 0.6 is 15.9 Å². The molecule has 2 aromatic rings. The Morgan fingerprint density at radius 3 is 2.57 bits per heavy atom. The van der Waals surface area contributed by atoms with E-state index in [1.165, 1.54) is 6.07 Å². The van der Waals surface area contributed by atoms with E-state index in [4.69, 9.17) is 0 Å². The predicted molar refractivity (Wildman–Crippen MR) is 88.1 cm³/mol. The average molecular weight is 352 g/mol. The summed E-state index contributed by atoms with van der Waals surface area (Å²) in [5.74, 6) is 1.51. The van der Waals surface area contributed by atoms with Crippen LogP contribution in [0.15, 0.2) is 22.7 Å². The lowest BCUT2D eigenvalue weighted by atomic mass is 10.0. The van der Waals surface area contributed by atoms with E-state index in [-0.39, 0.29) is 5.82 Å². The van der Waals surface area contributed by atoms with Crippen molar-refractivity contribution in [2.24, 2.45) is 0 Å². The molecule has 0 aliphatic carbocycles. The third-order valence-electron chi connectivity index (χ3n) is 3.24. The van der Waals surface area contributed by atoms with Gasteiger partial charge in [0.25, 0.3) is 0 Å². The lowest BCUT2D eigenvalue weighted by Crippen LogP contribution is -2.09. The van der Waals surface area contributed by atoms with Crippen LogP contribution in [0.4, 0.5) is 10.2 Å². The Hall–Kier alpha value is -1.49. The minimum absolute atomic E-state index is 0.291. The number of nitrogens with one attached hydrogen (secondary N) is 1. The summed E-state index contributed by atoms with van der Waals surface area (Å²) in [4.78, 5) is 9.20. The molecule has 2 rings (SSSR count). The fraction of sp³-hybridized carbons (Fsp3) is 0.375. The number of aromatic nitrogens is 2. The van der Waals surface area contributed by atoms with Crippen molar-refractivity contribution in [3.63, 3.8) is 0 Å². The summed E-state index contributed by atoms with van der Waals surface area (Å²) in [6.07, 6.45) is 0. The molecular formula is C16H19BrFN3. The standard InChI is InChI=1S/C16H19BrFN3/c1-5-19-16-14(9(2)3)10(4)20-15(21-16)11-6-7-13(18)12(17)8-11/h6-9H,5H2,1-4H3,(H,19,20,21). The van der Waals surface area contributed by atoms with E-state index < -0.39 is 0 Å². The first-order valence-corrected chi connectivity index (χ1v) is 7.81. The third-order valence-corrected chi connectivity index (χ3v) is 3.84. The van der Waals surface area contributed by atoms with Crippen molar-refractivity contribution in [3.05, 3.63) is 39.7 Å². The molecule has 1 heterocycles. The second-order valence-corrected chi connectivity index (χ2v) is 6.06. The first-order valence-electron chi connectivity index (χ1n) is 7.01. The molecule has 0 saturated carbocycles. The van der Waals surface area contributed by atoms with Crippen LogP contribution in [0.1, 0.15) is 37.9 Å². The molecule has 0 saturated heterocycles. The van der Waals surface area contributed by atoms with Gasteiger partial charge in [-0.05, 0) is 53.9 Å². The molecule has 0 atom stereocenters. The molecule has 0 aliphatic heterocycles. The van der Waals surface area contributed by atoms with Gasteiger partial charge in [-0.15, -0.1) is 0 Å². The smallest absolute Gasteiger partial charge is 0.161 e. The van der Waals surface area contributed by atoms with Crippen LogP contribution in [0.3, 0.4) is 0 Å².